The van der Waals surface area contributed by atoms with E-state index in [0.29, 0.717) is 12.5 Å². The number of thioether (sulfide) groups is 1. The standard InChI is InChI=1S/C19H30N4O3S/c1-19(2,3)26-18(25)20-9-12-5-7-13(8-6-12)17(24)21-16-14-10-27-11-15(14)22-23(16)4/h12-13H,5-11H2,1-4H3,(H,20,25)(H,21,24). The van der Waals surface area contributed by atoms with Gasteiger partial charge in [0.15, 0.2) is 0 Å². The first kappa shape index (κ1) is 20.0. The van der Waals surface area contributed by atoms with Crippen LogP contribution in [0.4, 0.5) is 10.6 Å². The van der Waals surface area contributed by atoms with E-state index in [1.165, 1.54) is 5.56 Å². The molecule has 2 amide bonds. The number of anilines is 1. The summed E-state index contributed by atoms with van der Waals surface area (Å²) in [6, 6.07) is 0. The quantitative estimate of drug-likeness (QED) is 0.817. The highest BCUT2D eigenvalue weighted by Gasteiger charge is 2.29. The maximum absolute atomic E-state index is 12.7. The number of rotatable bonds is 4. The van der Waals surface area contributed by atoms with E-state index in [2.05, 4.69) is 15.7 Å². The first-order valence-corrected chi connectivity index (χ1v) is 10.8. The first-order chi connectivity index (χ1) is 12.7. The molecule has 0 spiro atoms. The fraction of sp³-hybridized carbons (Fsp3) is 0.737. The van der Waals surface area contributed by atoms with Gasteiger partial charge in [-0.05, 0) is 52.4 Å². The lowest BCUT2D eigenvalue weighted by molar-refractivity contribution is -0.121. The second-order valence-electron chi connectivity index (χ2n) is 8.48. The van der Waals surface area contributed by atoms with Gasteiger partial charge in [-0.1, -0.05) is 0 Å². The number of fused-ring (bicyclic) bond motifs is 1. The molecule has 7 nitrogen and oxygen atoms in total. The molecule has 0 unspecified atom stereocenters. The Balaban J connectivity index is 1.44. The van der Waals surface area contributed by atoms with Gasteiger partial charge >= 0.3 is 6.09 Å². The summed E-state index contributed by atoms with van der Waals surface area (Å²) in [6.07, 6.45) is 3.20. The van der Waals surface area contributed by atoms with Crippen molar-refractivity contribution in [2.24, 2.45) is 18.9 Å². The molecule has 27 heavy (non-hydrogen) atoms. The van der Waals surface area contributed by atoms with E-state index in [4.69, 9.17) is 4.74 Å². The summed E-state index contributed by atoms with van der Waals surface area (Å²) in [5, 5.41) is 10.5. The molecule has 0 bridgehead atoms. The highest BCUT2D eigenvalue weighted by Crippen LogP contribution is 2.35. The minimum absolute atomic E-state index is 0.0300. The number of aryl methyl sites for hydroxylation is 1. The zero-order valence-corrected chi connectivity index (χ0v) is 17.4. The monoisotopic (exact) mass is 394 g/mol. The third-order valence-electron chi connectivity index (χ3n) is 5.11. The molecule has 0 atom stereocenters. The Bertz CT molecular complexity index is 703. The summed E-state index contributed by atoms with van der Waals surface area (Å²) in [5.41, 5.74) is 1.78. The number of carbonyl (C=O) groups is 2. The number of hydrogen-bond donors (Lipinski definition) is 2. The van der Waals surface area contributed by atoms with Crippen LogP contribution in [0.15, 0.2) is 0 Å². The Morgan fingerprint density at radius 2 is 1.93 bits per heavy atom. The van der Waals surface area contributed by atoms with Gasteiger partial charge in [0.25, 0.3) is 0 Å². The second-order valence-corrected chi connectivity index (χ2v) is 9.47. The van der Waals surface area contributed by atoms with Crippen LogP contribution in [0, 0.1) is 11.8 Å². The van der Waals surface area contributed by atoms with Crippen LogP contribution in [0.2, 0.25) is 0 Å². The zero-order chi connectivity index (χ0) is 19.6. The molecule has 1 aliphatic carbocycles. The van der Waals surface area contributed by atoms with E-state index >= 15 is 0 Å². The average Bonchev–Trinajstić information content (AvgIpc) is 3.14. The number of ether oxygens (including phenoxy) is 1. The molecule has 2 N–H and O–H groups in total. The average molecular weight is 395 g/mol. The SMILES string of the molecule is Cn1nc2c(c1NC(=O)C1CCC(CNC(=O)OC(C)(C)C)CC1)CSC2. The predicted octanol–water partition coefficient (Wildman–Crippen LogP) is 3.44. The van der Waals surface area contributed by atoms with Crippen LogP contribution >= 0.6 is 11.8 Å². The van der Waals surface area contributed by atoms with Crippen molar-refractivity contribution in [3.05, 3.63) is 11.3 Å². The van der Waals surface area contributed by atoms with Gasteiger partial charge < -0.3 is 15.4 Å². The largest absolute Gasteiger partial charge is 0.444 e. The lowest BCUT2D eigenvalue weighted by atomic mass is 9.81. The molecule has 0 saturated heterocycles. The van der Waals surface area contributed by atoms with Gasteiger partial charge in [-0.3, -0.25) is 9.48 Å². The number of alkyl carbamates (subject to hydrolysis) is 1. The Kier molecular flexibility index (Phi) is 6.03. The summed E-state index contributed by atoms with van der Waals surface area (Å²) in [7, 11) is 1.89. The van der Waals surface area contributed by atoms with Crippen molar-refractivity contribution in [3.8, 4) is 0 Å². The fourth-order valence-corrected chi connectivity index (χ4v) is 4.72. The van der Waals surface area contributed by atoms with Crippen molar-refractivity contribution in [1.82, 2.24) is 15.1 Å². The van der Waals surface area contributed by atoms with Gasteiger partial charge in [0.05, 0.1) is 5.69 Å². The van der Waals surface area contributed by atoms with Gasteiger partial charge in [0.1, 0.15) is 11.4 Å². The zero-order valence-electron chi connectivity index (χ0n) is 16.6. The topological polar surface area (TPSA) is 85.3 Å². The van der Waals surface area contributed by atoms with Crippen LogP contribution in [0.5, 0.6) is 0 Å². The number of amides is 2. The summed E-state index contributed by atoms with van der Waals surface area (Å²) < 4.78 is 7.06. The lowest BCUT2D eigenvalue weighted by Gasteiger charge is -2.28. The minimum Gasteiger partial charge on any atom is -0.444 e. The van der Waals surface area contributed by atoms with Crippen LogP contribution in [0.25, 0.3) is 0 Å². The lowest BCUT2D eigenvalue weighted by Crippen LogP contribution is -2.37. The Hall–Kier alpha value is -1.70. The first-order valence-electron chi connectivity index (χ1n) is 9.63. The Morgan fingerprint density at radius 3 is 2.59 bits per heavy atom. The molecular weight excluding hydrogens is 364 g/mol. The van der Waals surface area contributed by atoms with Crippen LogP contribution in [-0.2, 0) is 28.1 Å². The normalized spacial score (nSPS) is 22.2. The van der Waals surface area contributed by atoms with Gasteiger partial charge in [-0.2, -0.15) is 16.9 Å². The third kappa shape index (κ3) is 5.18. The van der Waals surface area contributed by atoms with E-state index in [9.17, 15) is 9.59 Å². The highest BCUT2D eigenvalue weighted by molar-refractivity contribution is 7.98. The van der Waals surface area contributed by atoms with E-state index in [1.54, 1.807) is 4.68 Å². The fourth-order valence-electron chi connectivity index (χ4n) is 3.69. The summed E-state index contributed by atoms with van der Waals surface area (Å²) in [4.78, 5) is 24.5. The molecule has 1 fully saturated rings. The van der Waals surface area contributed by atoms with Crippen LogP contribution in [0.1, 0.15) is 57.7 Å². The van der Waals surface area contributed by atoms with Crippen molar-refractivity contribution in [2.75, 3.05) is 11.9 Å². The van der Waals surface area contributed by atoms with Crippen LogP contribution in [0.3, 0.4) is 0 Å². The van der Waals surface area contributed by atoms with E-state index in [1.807, 2.05) is 39.6 Å². The molecule has 150 valence electrons. The number of hydrogen-bond acceptors (Lipinski definition) is 5. The highest BCUT2D eigenvalue weighted by atomic mass is 32.2. The van der Waals surface area contributed by atoms with Crippen molar-refractivity contribution in [3.63, 3.8) is 0 Å². The molecule has 3 rings (SSSR count). The Labute approximate surface area is 165 Å². The van der Waals surface area contributed by atoms with Crippen molar-refractivity contribution < 1.29 is 14.3 Å². The molecule has 1 aromatic heterocycles. The molecule has 0 aromatic carbocycles. The van der Waals surface area contributed by atoms with Gasteiger partial charge in [-0.25, -0.2) is 4.79 Å². The summed E-state index contributed by atoms with van der Waals surface area (Å²) in [5.74, 6) is 3.22. The van der Waals surface area contributed by atoms with Gasteiger partial charge in [0, 0.05) is 36.6 Å². The van der Waals surface area contributed by atoms with Crippen molar-refractivity contribution >= 4 is 29.6 Å². The minimum atomic E-state index is -0.482. The van der Waals surface area contributed by atoms with E-state index in [0.717, 1.165) is 48.7 Å². The molecular formula is C19H30N4O3S. The molecule has 2 heterocycles. The molecule has 2 aliphatic rings. The predicted molar refractivity (Wildman–Crippen MR) is 107 cm³/mol. The van der Waals surface area contributed by atoms with Crippen LogP contribution < -0.4 is 10.6 Å². The number of aromatic nitrogens is 2. The summed E-state index contributed by atoms with van der Waals surface area (Å²) in [6.45, 7) is 6.17. The maximum atomic E-state index is 12.7. The number of nitrogens with one attached hydrogen (secondary N) is 2. The van der Waals surface area contributed by atoms with Gasteiger partial charge in [-0.15, -0.1) is 0 Å². The third-order valence-corrected chi connectivity index (χ3v) is 6.08. The molecule has 8 heteroatoms. The van der Waals surface area contributed by atoms with Crippen molar-refractivity contribution in [2.45, 2.75) is 63.6 Å². The summed E-state index contributed by atoms with van der Waals surface area (Å²) >= 11 is 1.83. The molecule has 1 saturated carbocycles. The van der Waals surface area contributed by atoms with E-state index in [-0.39, 0.29) is 17.9 Å². The van der Waals surface area contributed by atoms with Crippen molar-refractivity contribution in [1.29, 1.82) is 0 Å². The molecule has 1 aromatic rings. The Morgan fingerprint density at radius 1 is 1.22 bits per heavy atom. The van der Waals surface area contributed by atoms with Gasteiger partial charge in [0.2, 0.25) is 5.91 Å². The smallest absolute Gasteiger partial charge is 0.407 e. The molecule has 1 aliphatic heterocycles. The number of carbonyl (C=O) groups excluding carboxylic acids is 2. The van der Waals surface area contributed by atoms with Crippen LogP contribution in [-0.4, -0.2) is 33.9 Å². The molecule has 0 radical (unpaired) electrons. The number of nitrogens with zero attached hydrogens (tertiary/aromatic N) is 2. The second kappa shape index (κ2) is 8.12. The van der Waals surface area contributed by atoms with E-state index < -0.39 is 5.60 Å². The maximum Gasteiger partial charge on any atom is 0.407 e.